The predicted octanol–water partition coefficient (Wildman–Crippen LogP) is 0.591. The quantitative estimate of drug-likeness (QED) is 0.733. The van der Waals surface area contributed by atoms with Crippen molar-refractivity contribution in [1.29, 1.82) is 0 Å². The van der Waals surface area contributed by atoms with Gasteiger partial charge in [0.25, 0.3) is 0 Å². The average molecular weight is 219 g/mol. The maximum atomic E-state index is 11.4. The summed E-state index contributed by atoms with van der Waals surface area (Å²) in [7, 11) is 0. The number of ketones is 1. The van der Waals surface area contributed by atoms with E-state index >= 15 is 0 Å². The van der Waals surface area contributed by atoms with Crippen molar-refractivity contribution in [2.75, 3.05) is 0 Å². The lowest BCUT2D eigenvalue weighted by Crippen LogP contribution is -2.32. The molecule has 4 nitrogen and oxygen atoms in total. The minimum Gasteiger partial charge on any atom is -0.481 e. The van der Waals surface area contributed by atoms with E-state index in [9.17, 15) is 9.59 Å². The van der Waals surface area contributed by atoms with Gasteiger partial charge in [0.05, 0.1) is 12.5 Å². The number of carboxylic acids is 1. The molecule has 0 bridgehead atoms. The maximum absolute atomic E-state index is 11.4. The lowest BCUT2D eigenvalue weighted by atomic mass is 10.0. The molecule has 0 spiro atoms. The van der Waals surface area contributed by atoms with E-state index in [4.69, 9.17) is 10.8 Å². The molecule has 0 fully saturated rings. The molecule has 0 aliphatic heterocycles. The number of Topliss-reactive ketones (excluding diaryl/α,β-unsaturated/α-hetero) is 1. The van der Waals surface area contributed by atoms with E-state index in [2.05, 4.69) is 12.1 Å². The SMILES string of the molecule is N[C@@H](Cc1cc#ccc1)C(=O)CCC(=O)O. The van der Waals surface area contributed by atoms with Crippen LogP contribution in [0.5, 0.6) is 0 Å². The van der Waals surface area contributed by atoms with Crippen molar-refractivity contribution < 1.29 is 14.7 Å². The van der Waals surface area contributed by atoms with Crippen LogP contribution in [-0.2, 0) is 16.0 Å². The summed E-state index contributed by atoms with van der Waals surface area (Å²) < 4.78 is 0. The summed E-state index contributed by atoms with van der Waals surface area (Å²) in [5.41, 5.74) is 6.57. The third kappa shape index (κ3) is 4.11. The van der Waals surface area contributed by atoms with E-state index in [1.807, 2.05) is 0 Å². The molecule has 0 radical (unpaired) electrons. The Morgan fingerprint density at radius 3 is 2.69 bits per heavy atom. The molecule has 1 atom stereocenters. The predicted molar refractivity (Wildman–Crippen MR) is 57.7 cm³/mol. The van der Waals surface area contributed by atoms with Gasteiger partial charge >= 0.3 is 5.97 Å². The van der Waals surface area contributed by atoms with Gasteiger partial charge in [-0.1, -0.05) is 12.1 Å². The highest BCUT2D eigenvalue weighted by Gasteiger charge is 2.14. The Balaban J connectivity index is 2.43. The van der Waals surface area contributed by atoms with Gasteiger partial charge in [-0.3, -0.25) is 9.59 Å². The van der Waals surface area contributed by atoms with Gasteiger partial charge in [-0.2, -0.15) is 0 Å². The summed E-state index contributed by atoms with van der Waals surface area (Å²) in [6.45, 7) is 0. The number of aliphatic carboxylic acids is 1. The van der Waals surface area contributed by atoms with Crippen LogP contribution in [-0.4, -0.2) is 22.9 Å². The fourth-order valence-corrected chi connectivity index (χ4v) is 1.29. The first-order valence-electron chi connectivity index (χ1n) is 4.96. The van der Waals surface area contributed by atoms with Gasteiger partial charge in [-0.15, -0.1) is 0 Å². The van der Waals surface area contributed by atoms with E-state index in [-0.39, 0.29) is 18.6 Å². The molecule has 4 heteroatoms. The highest BCUT2D eigenvalue weighted by molar-refractivity contribution is 5.86. The molecule has 0 amide bonds. The molecule has 0 heterocycles. The first-order chi connectivity index (χ1) is 7.59. The highest BCUT2D eigenvalue weighted by atomic mass is 16.4. The minimum absolute atomic E-state index is 0.0147. The van der Waals surface area contributed by atoms with E-state index in [0.29, 0.717) is 6.42 Å². The molecule has 0 aromatic heterocycles. The Morgan fingerprint density at radius 2 is 2.12 bits per heavy atom. The van der Waals surface area contributed by atoms with Crippen LogP contribution in [0.3, 0.4) is 0 Å². The molecule has 1 aromatic rings. The normalized spacial score (nSPS) is 11.6. The van der Waals surface area contributed by atoms with Gasteiger partial charge in [0, 0.05) is 6.42 Å². The average Bonchev–Trinajstić information content (AvgIpc) is 2.27. The van der Waals surface area contributed by atoms with Crippen molar-refractivity contribution in [2.24, 2.45) is 5.73 Å². The van der Waals surface area contributed by atoms with Crippen LogP contribution in [0, 0.1) is 12.1 Å². The Hall–Kier alpha value is -1.86. The number of carboxylic acid groups (broad SMARTS) is 1. The Bertz CT molecular complexity index is 362. The monoisotopic (exact) mass is 219 g/mol. The van der Waals surface area contributed by atoms with Crippen LogP contribution in [0.15, 0.2) is 18.2 Å². The topological polar surface area (TPSA) is 80.4 Å². The van der Waals surface area contributed by atoms with Gasteiger partial charge in [0.15, 0.2) is 0 Å². The second-order valence-corrected chi connectivity index (χ2v) is 3.51. The van der Waals surface area contributed by atoms with Crippen LogP contribution in [0.25, 0.3) is 0 Å². The zero-order valence-corrected chi connectivity index (χ0v) is 8.77. The van der Waals surface area contributed by atoms with Crippen LogP contribution in [0.4, 0.5) is 0 Å². The number of carbonyl (C=O) groups is 2. The molecule has 0 saturated carbocycles. The fourth-order valence-electron chi connectivity index (χ4n) is 1.29. The molecular weight excluding hydrogens is 206 g/mol. The molecule has 1 aromatic carbocycles. The summed E-state index contributed by atoms with van der Waals surface area (Å²) in [5.74, 6) is -1.21. The zero-order valence-electron chi connectivity index (χ0n) is 8.77. The van der Waals surface area contributed by atoms with Crippen molar-refractivity contribution in [3.05, 3.63) is 35.9 Å². The Kier molecular flexibility index (Phi) is 4.49. The Morgan fingerprint density at radius 1 is 1.38 bits per heavy atom. The number of nitrogens with two attached hydrogens (primary N) is 1. The number of carbonyl (C=O) groups excluding carboxylic acids is 1. The third-order valence-electron chi connectivity index (χ3n) is 2.18. The molecule has 1 rings (SSSR count). The van der Waals surface area contributed by atoms with Crippen molar-refractivity contribution in [1.82, 2.24) is 0 Å². The van der Waals surface area contributed by atoms with Gasteiger partial charge < -0.3 is 10.8 Å². The zero-order chi connectivity index (χ0) is 12.0. The minimum atomic E-state index is -0.983. The van der Waals surface area contributed by atoms with Crippen LogP contribution < -0.4 is 5.73 Å². The van der Waals surface area contributed by atoms with Gasteiger partial charge in [-0.05, 0) is 30.2 Å². The van der Waals surface area contributed by atoms with Gasteiger partial charge in [0.2, 0.25) is 0 Å². The molecule has 84 valence electrons. The molecule has 0 unspecified atom stereocenters. The smallest absolute Gasteiger partial charge is 0.303 e. The Labute approximate surface area is 94.1 Å². The van der Waals surface area contributed by atoms with Crippen molar-refractivity contribution in [3.8, 4) is 0 Å². The van der Waals surface area contributed by atoms with E-state index in [1.54, 1.807) is 18.2 Å². The van der Waals surface area contributed by atoms with Crippen molar-refractivity contribution in [3.63, 3.8) is 0 Å². The first-order valence-corrected chi connectivity index (χ1v) is 4.96. The molecule has 0 aliphatic rings. The van der Waals surface area contributed by atoms with Gasteiger partial charge in [0.1, 0.15) is 5.78 Å². The molecule has 0 aliphatic carbocycles. The van der Waals surface area contributed by atoms with Crippen molar-refractivity contribution >= 4 is 11.8 Å². The maximum Gasteiger partial charge on any atom is 0.303 e. The molecule has 0 saturated heterocycles. The molecular formula is C12H13NO3. The summed E-state index contributed by atoms with van der Waals surface area (Å²) in [5, 5.41) is 8.43. The van der Waals surface area contributed by atoms with Crippen LogP contribution in [0.2, 0.25) is 0 Å². The standard InChI is InChI=1S/C12H13NO3/c13-10(11(14)6-7-12(15)16)8-9-4-2-1-3-5-9/h2,4-5,10H,6-8,13H2,(H,15,16)/t10-/m0/s1. The lowest BCUT2D eigenvalue weighted by Gasteiger charge is -2.08. The van der Waals surface area contributed by atoms with E-state index < -0.39 is 12.0 Å². The second kappa shape index (κ2) is 5.89. The number of rotatable bonds is 6. The summed E-state index contributed by atoms with van der Waals surface area (Å²) >= 11 is 0. The summed E-state index contributed by atoms with van der Waals surface area (Å²) in [6, 6.07) is 10.1. The van der Waals surface area contributed by atoms with E-state index in [0.717, 1.165) is 5.56 Å². The third-order valence-corrected chi connectivity index (χ3v) is 2.18. The van der Waals surface area contributed by atoms with Crippen molar-refractivity contribution in [2.45, 2.75) is 25.3 Å². The molecule has 16 heavy (non-hydrogen) atoms. The fraction of sp³-hybridized carbons (Fsp3) is 0.333. The summed E-state index contributed by atoms with van der Waals surface area (Å²) in [6.07, 6.45) is 0.226. The van der Waals surface area contributed by atoms with Gasteiger partial charge in [-0.25, -0.2) is 0 Å². The first kappa shape index (κ1) is 12.2. The van der Waals surface area contributed by atoms with E-state index in [1.165, 1.54) is 0 Å². The largest absolute Gasteiger partial charge is 0.481 e. The number of hydrogen-bond donors (Lipinski definition) is 2. The highest BCUT2D eigenvalue weighted by Crippen LogP contribution is 2.03. The lowest BCUT2D eigenvalue weighted by molar-refractivity contribution is -0.138. The second-order valence-electron chi connectivity index (χ2n) is 3.51. The van der Waals surface area contributed by atoms with Crippen LogP contribution in [0.1, 0.15) is 18.4 Å². The number of hydrogen-bond acceptors (Lipinski definition) is 3. The van der Waals surface area contributed by atoms with Crippen LogP contribution >= 0.6 is 0 Å². The molecule has 3 N–H and O–H groups in total. The summed E-state index contributed by atoms with van der Waals surface area (Å²) in [4.78, 5) is 21.7.